The first kappa shape index (κ1) is 14.3. The van der Waals surface area contributed by atoms with Gasteiger partial charge in [-0.2, -0.15) is 0 Å². The summed E-state index contributed by atoms with van der Waals surface area (Å²) in [6.45, 7) is 11.7. The van der Waals surface area contributed by atoms with Gasteiger partial charge in [-0.3, -0.25) is 0 Å². The van der Waals surface area contributed by atoms with Crippen LogP contribution in [-0.2, 0) is 0 Å². The number of aliphatic hydroxyl groups excluding tert-OH is 2. The molecule has 0 bridgehead atoms. The topological polar surface area (TPSA) is 53.6 Å². The lowest BCUT2D eigenvalue weighted by molar-refractivity contribution is 0.0220. The van der Waals surface area contributed by atoms with E-state index in [1.807, 2.05) is 41.5 Å². The maximum absolute atomic E-state index is 10.1. The molecule has 0 aliphatic carbocycles. The second-order valence-corrected chi connectivity index (χ2v) is 6.78. The van der Waals surface area contributed by atoms with E-state index >= 15 is 0 Å². The summed E-state index contributed by atoms with van der Waals surface area (Å²) in [5.74, 6) is 1.02. The maximum atomic E-state index is 10.1. The lowest BCUT2D eigenvalue weighted by Crippen LogP contribution is -2.18. The van der Waals surface area contributed by atoms with Gasteiger partial charge in [-0.15, -0.1) is 0 Å². The van der Waals surface area contributed by atoms with Crippen LogP contribution in [0, 0.1) is 10.8 Å². The van der Waals surface area contributed by atoms with Gasteiger partial charge in [0.15, 0.2) is 0 Å². The molecule has 0 saturated carbocycles. The Balaban J connectivity index is 2.93. The molecule has 3 heteroatoms. The molecule has 1 aromatic rings. The smallest absolute Gasteiger partial charge is 0.133 e. The lowest BCUT2D eigenvalue weighted by atomic mass is 9.87. The standard InChI is InChI=1S/C14H24O3/c1-13(2,3)11(15)9-7-8-10(17-9)12(16)14(4,5)6/h7-8,11-12,15-16H,1-6H3. The average Bonchev–Trinajstić information content (AvgIpc) is 2.60. The summed E-state index contributed by atoms with van der Waals surface area (Å²) in [5, 5.41) is 20.2. The molecule has 0 amide bonds. The predicted octanol–water partition coefficient (Wildman–Crippen LogP) is 3.44. The summed E-state index contributed by atoms with van der Waals surface area (Å²) in [6, 6.07) is 3.47. The number of aliphatic hydroxyl groups is 2. The van der Waals surface area contributed by atoms with Crippen molar-refractivity contribution in [3.63, 3.8) is 0 Å². The van der Waals surface area contributed by atoms with Gasteiger partial charge in [-0.05, 0) is 23.0 Å². The molecule has 0 saturated heterocycles. The van der Waals surface area contributed by atoms with Crippen molar-refractivity contribution in [1.82, 2.24) is 0 Å². The highest BCUT2D eigenvalue weighted by Crippen LogP contribution is 2.37. The monoisotopic (exact) mass is 240 g/mol. The van der Waals surface area contributed by atoms with Gasteiger partial charge in [-0.1, -0.05) is 41.5 Å². The minimum absolute atomic E-state index is 0.276. The van der Waals surface area contributed by atoms with Gasteiger partial charge >= 0.3 is 0 Å². The summed E-state index contributed by atoms with van der Waals surface area (Å²) in [7, 11) is 0. The van der Waals surface area contributed by atoms with Gasteiger partial charge in [0.25, 0.3) is 0 Å². The molecule has 0 radical (unpaired) electrons. The fraction of sp³-hybridized carbons (Fsp3) is 0.714. The third kappa shape index (κ3) is 3.33. The summed E-state index contributed by atoms with van der Waals surface area (Å²) in [5.41, 5.74) is -0.552. The van der Waals surface area contributed by atoms with Gasteiger partial charge in [0.2, 0.25) is 0 Å². The van der Waals surface area contributed by atoms with E-state index in [1.165, 1.54) is 0 Å². The minimum Gasteiger partial charge on any atom is -0.461 e. The van der Waals surface area contributed by atoms with Crippen LogP contribution in [0.1, 0.15) is 65.3 Å². The van der Waals surface area contributed by atoms with E-state index in [1.54, 1.807) is 12.1 Å². The average molecular weight is 240 g/mol. The van der Waals surface area contributed by atoms with Crippen molar-refractivity contribution in [2.75, 3.05) is 0 Å². The van der Waals surface area contributed by atoms with Crippen LogP contribution in [0.15, 0.2) is 16.5 Å². The zero-order valence-electron chi connectivity index (χ0n) is 11.6. The third-order valence-electron chi connectivity index (χ3n) is 2.83. The van der Waals surface area contributed by atoms with Gasteiger partial charge in [0.1, 0.15) is 23.7 Å². The SMILES string of the molecule is CC(C)(C)C(O)c1ccc(C(O)C(C)(C)C)o1. The molecule has 1 aromatic heterocycles. The summed E-state index contributed by atoms with van der Waals surface area (Å²) in [6.07, 6.45) is -1.33. The first-order chi connectivity index (χ1) is 7.53. The lowest BCUT2D eigenvalue weighted by Gasteiger charge is -2.25. The second kappa shape index (κ2) is 4.46. The molecule has 0 spiro atoms. The Bertz CT molecular complexity index is 331. The quantitative estimate of drug-likeness (QED) is 0.832. The molecule has 1 heterocycles. The van der Waals surface area contributed by atoms with Crippen LogP contribution < -0.4 is 0 Å². The van der Waals surface area contributed by atoms with Crippen LogP contribution in [0.4, 0.5) is 0 Å². The number of furan rings is 1. The summed E-state index contributed by atoms with van der Waals surface area (Å²) >= 11 is 0. The molecule has 17 heavy (non-hydrogen) atoms. The Morgan fingerprint density at radius 1 is 0.824 bits per heavy atom. The van der Waals surface area contributed by atoms with Crippen LogP contribution in [-0.4, -0.2) is 10.2 Å². The Hall–Kier alpha value is -0.800. The van der Waals surface area contributed by atoms with E-state index in [0.29, 0.717) is 11.5 Å². The van der Waals surface area contributed by atoms with Crippen LogP contribution in [0.5, 0.6) is 0 Å². The molecular weight excluding hydrogens is 216 g/mol. The molecule has 0 aliphatic heterocycles. The zero-order chi connectivity index (χ0) is 13.4. The number of hydrogen-bond donors (Lipinski definition) is 2. The fourth-order valence-electron chi connectivity index (χ4n) is 1.52. The van der Waals surface area contributed by atoms with Crippen molar-refractivity contribution >= 4 is 0 Å². The van der Waals surface area contributed by atoms with E-state index in [4.69, 9.17) is 4.42 Å². The normalized spacial score (nSPS) is 16.9. The predicted molar refractivity (Wildman–Crippen MR) is 67.5 cm³/mol. The number of hydrogen-bond acceptors (Lipinski definition) is 3. The Labute approximate surface area is 103 Å². The molecular formula is C14H24O3. The second-order valence-electron chi connectivity index (χ2n) is 6.78. The molecule has 0 aromatic carbocycles. The van der Waals surface area contributed by atoms with E-state index in [-0.39, 0.29) is 10.8 Å². The largest absolute Gasteiger partial charge is 0.461 e. The molecule has 0 aliphatic rings. The van der Waals surface area contributed by atoms with Crippen molar-refractivity contribution in [1.29, 1.82) is 0 Å². The highest BCUT2D eigenvalue weighted by atomic mass is 16.4. The van der Waals surface area contributed by atoms with Gasteiger partial charge in [-0.25, -0.2) is 0 Å². The Morgan fingerprint density at radius 2 is 1.12 bits per heavy atom. The maximum Gasteiger partial charge on any atom is 0.133 e. The number of rotatable bonds is 2. The van der Waals surface area contributed by atoms with Gasteiger partial charge in [0.05, 0.1) is 0 Å². The first-order valence-electron chi connectivity index (χ1n) is 5.99. The highest BCUT2D eigenvalue weighted by Gasteiger charge is 2.30. The molecule has 1 rings (SSSR count). The molecule has 0 fully saturated rings. The fourth-order valence-corrected chi connectivity index (χ4v) is 1.52. The van der Waals surface area contributed by atoms with Crippen molar-refractivity contribution < 1.29 is 14.6 Å². The highest BCUT2D eigenvalue weighted by molar-refractivity contribution is 5.14. The van der Waals surface area contributed by atoms with Gasteiger partial charge < -0.3 is 14.6 Å². The van der Waals surface area contributed by atoms with Crippen LogP contribution >= 0.6 is 0 Å². The van der Waals surface area contributed by atoms with E-state index in [0.717, 1.165) is 0 Å². The summed E-state index contributed by atoms with van der Waals surface area (Å²) < 4.78 is 5.56. The molecule has 2 atom stereocenters. The van der Waals surface area contributed by atoms with Crippen molar-refractivity contribution in [2.24, 2.45) is 10.8 Å². The van der Waals surface area contributed by atoms with Crippen LogP contribution in [0.3, 0.4) is 0 Å². The van der Waals surface area contributed by atoms with E-state index in [2.05, 4.69) is 0 Å². The van der Waals surface area contributed by atoms with E-state index in [9.17, 15) is 10.2 Å². The van der Waals surface area contributed by atoms with Crippen molar-refractivity contribution in [2.45, 2.75) is 53.8 Å². The molecule has 2 unspecified atom stereocenters. The first-order valence-corrected chi connectivity index (χ1v) is 5.99. The molecule has 3 nitrogen and oxygen atoms in total. The zero-order valence-corrected chi connectivity index (χ0v) is 11.6. The van der Waals surface area contributed by atoms with Crippen molar-refractivity contribution in [3.05, 3.63) is 23.7 Å². The van der Waals surface area contributed by atoms with Crippen LogP contribution in [0.25, 0.3) is 0 Å². The van der Waals surface area contributed by atoms with Crippen LogP contribution in [0.2, 0.25) is 0 Å². The Morgan fingerprint density at radius 3 is 1.35 bits per heavy atom. The minimum atomic E-state index is -0.664. The summed E-state index contributed by atoms with van der Waals surface area (Å²) in [4.78, 5) is 0. The van der Waals surface area contributed by atoms with E-state index < -0.39 is 12.2 Å². The Kier molecular flexibility index (Phi) is 3.75. The third-order valence-corrected chi connectivity index (χ3v) is 2.83. The van der Waals surface area contributed by atoms with Crippen molar-refractivity contribution in [3.8, 4) is 0 Å². The van der Waals surface area contributed by atoms with Gasteiger partial charge in [0, 0.05) is 0 Å². The molecule has 2 N–H and O–H groups in total. The molecule has 98 valence electrons.